The lowest BCUT2D eigenvalue weighted by Crippen LogP contribution is -2.33. The van der Waals surface area contributed by atoms with E-state index in [0.29, 0.717) is 6.04 Å². The van der Waals surface area contributed by atoms with E-state index in [0.717, 1.165) is 6.42 Å². The molecule has 1 aliphatic heterocycles. The number of nitrogens with two attached hydrogens (primary N) is 1. The van der Waals surface area contributed by atoms with Gasteiger partial charge in [0.1, 0.15) is 0 Å². The van der Waals surface area contributed by atoms with Gasteiger partial charge in [-0.15, -0.1) is 24.8 Å². The molecule has 1 saturated heterocycles. The zero-order chi connectivity index (χ0) is 8.10. The molecule has 0 aromatic carbocycles. The van der Waals surface area contributed by atoms with Gasteiger partial charge in [-0.05, 0) is 45.8 Å². The molecule has 0 saturated carbocycles. The van der Waals surface area contributed by atoms with E-state index >= 15 is 0 Å². The molecular formula is C9H22Cl2N2. The van der Waals surface area contributed by atoms with E-state index in [-0.39, 0.29) is 24.8 Å². The highest BCUT2D eigenvalue weighted by Crippen LogP contribution is 2.08. The predicted octanol–water partition coefficient (Wildman–Crippen LogP) is 2.05. The molecule has 82 valence electrons. The molecule has 0 aromatic rings. The van der Waals surface area contributed by atoms with Crippen molar-refractivity contribution in [2.45, 2.75) is 38.6 Å². The van der Waals surface area contributed by atoms with Gasteiger partial charge >= 0.3 is 0 Å². The van der Waals surface area contributed by atoms with Crippen molar-refractivity contribution in [3.8, 4) is 0 Å². The topological polar surface area (TPSA) is 29.3 Å². The smallest absolute Gasteiger partial charge is 0.00226 e. The standard InChI is InChI=1S/C9H20N2.2ClH/c1-9(10)5-8-11-6-3-2-4-7-11;;/h9H,2-8,10H2,1H3;2*1H. The first-order chi connectivity index (χ1) is 5.29. The van der Waals surface area contributed by atoms with E-state index in [1.165, 1.54) is 38.9 Å². The summed E-state index contributed by atoms with van der Waals surface area (Å²) in [5.74, 6) is 0. The molecule has 0 amide bonds. The molecule has 0 aliphatic carbocycles. The number of rotatable bonds is 3. The lowest BCUT2D eigenvalue weighted by molar-refractivity contribution is 0.222. The van der Waals surface area contributed by atoms with Crippen molar-refractivity contribution in [3.05, 3.63) is 0 Å². The van der Waals surface area contributed by atoms with Crippen LogP contribution < -0.4 is 5.73 Å². The van der Waals surface area contributed by atoms with E-state index in [9.17, 15) is 0 Å². The van der Waals surface area contributed by atoms with Crippen molar-refractivity contribution in [1.82, 2.24) is 4.90 Å². The third-order valence-corrected chi connectivity index (χ3v) is 2.35. The summed E-state index contributed by atoms with van der Waals surface area (Å²) in [6, 6.07) is 0.372. The van der Waals surface area contributed by atoms with Crippen LogP contribution >= 0.6 is 24.8 Å². The number of likely N-dealkylation sites (tertiary alicyclic amines) is 1. The molecule has 0 aromatic heterocycles. The maximum atomic E-state index is 5.68. The summed E-state index contributed by atoms with van der Waals surface area (Å²) in [4.78, 5) is 2.53. The third-order valence-electron chi connectivity index (χ3n) is 2.35. The van der Waals surface area contributed by atoms with Crippen LogP contribution in [0.25, 0.3) is 0 Å². The molecular weight excluding hydrogens is 207 g/mol. The van der Waals surface area contributed by atoms with Gasteiger partial charge in [0.2, 0.25) is 0 Å². The van der Waals surface area contributed by atoms with Crippen LogP contribution in [0.5, 0.6) is 0 Å². The molecule has 1 fully saturated rings. The molecule has 4 heteroatoms. The molecule has 1 rings (SSSR count). The summed E-state index contributed by atoms with van der Waals surface area (Å²) in [5, 5.41) is 0. The minimum absolute atomic E-state index is 0. The van der Waals surface area contributed by atoms with Gasteiger partial charge in [-0.3, -0.25) is 0 Å². The molecule has 0 spiro atoms. The lowest BCUT2D eigenvalue weighted by Gasteiger charge is -2.26. The third kappa shape index (κ3) is 7.56. The van der Waals surface area contributed by atoms with Gasteiger partial charge in [0.25, 0.3) is 0 Å². The van der Waals surface area contributed by atoms with Crippen LogP contribution in [0.2, 0.25) is 0 Å². The minimum atomic E-state index is 0. The zero-order valence-corrected chi connectivity index (χ0v) is 10.0. The molecule has 13 heavy (non-hydrogen) atoms. The fourth-order valence-corrected chi connectivity index (χ4v) is 1.57. The summed E-state index contributed by atoms with van der Waals surface area (Å²) >= 11 is 0. The Morgan fingerprint density at radius 1 is 1.15 bits per heavy atom. The Balaban J connectivity index is 0. The summed E-state index contributed by atoms with van der Waals surface area (Å²) in [6.45, 7) is 5.89. The number of piperidine rings is 1. The fraction of sp³-hybridized carbons (Fsp3) is 1.00. The average Bonchev–Trinajstić information content (AvgIpc) is 2.03. The lowest BCUT2D eigenvalue weighted by atomic mass is 10.1. The van der Waals surface area contributed by atoms with E-state index in [1.807, 2.05) is 0 Å². The molecule has 1 unspecified atom stereocenters. The quantitative estimate of drug-likeness (QED) is 0.802. The summed E-state index contributed by atoms with van der Waals surface area (Å²) in [5.41, 5.74) is 5.68. The van der Waals surface area contributed by atoms with Crippen molar-refractivity contribution in [1.29, 1.82) is 0 Å². The first kappa shape index (κ1) is 15.9. The molecule has 1 atom stereocenters. The van der Waals surface area contributed by atoms with E-state index in [4.69, 9.17) is 5.73 Å². The van der Waals surface area contributed by atoms with Crippen LogP contribution in [-0.2, 0) is 0 Å². The van der Waals surface area contributed by atoms with Crippen LogP contribution in [0.4, 0.5) is 0 Å². The Hall–Kier alpha value is 0.500. The number of halogens is 2. The Bertz CT molecular complexity index is 104. The summed E-state index contributed by atoms with van der Waals surface area (Å²) in [7, 11) is 0. The Kier molecular flexibility index (Phi) is 11.1. The van der Waals surface area contributed by atoms with E-state index < -0.39 is 0 Å². The van der Waals surface area contributed by atoms with Crippen LogP contribution in [0, 0.1) is 0 Å². The van der Waals surface area contributed by atoms with Gasteiger partial charge in [-0.1, -0.05) is 6.42 Å². The van der Waals surface area contributed by atoms with Crippen molar-refractivity contribution in [3.63, 3.8) is 0 Å². The van der Waals surface area contributed by atoms with Gasteiger partial charge in [-0.2, -0.15) is 0 Å². The first-order valence-electron chi connectivity index (χ1n) is 4.77. The Morgan fingerprint density at radius 3 is 2.15 bits per heavy atom. The van der Waals surface area contributed by atoms with Gasteiger partial charge < -0.3 is 10.6 Å². The fourth-order valence-electron chi connectivity index (χ4n) is 1.57. The number of hydrogen-bond acceptors (Lipinski definition) is 2. The Morgan fingerprint density at radius 2 is 1.69 bits per heavy atom. The van der Waals surface area contributed by atoms with Gasteiger partial charge in [0, 0.05) is 6.04 Å². The number of hydrogen-bond donors (Lipinski definition) is 1. The van der Waals surface area contributed by atoms with Crippen molar-refractivity contribution in [2.24, 2.45) is 5.73 Å². The molecule has 0 radical (unpaired) electrons. The SMILES string of the molecule is CC(N)CCN1CCCCC1.Cl.Cl. The van der Waals surface area contributed by atoms with Crippen LogP contribution in [0.3, 0.4) is 0 Å². The van der Waals surface area contributed by atoms with E-state index in [2.05, 4.69) is 11.8 Å². The largest absolute Gasteiger partial charge is 0.328 e. The molecule has 1 aliphatic rings. The average molecular weight is 229 g/mol. The van der Waals surface area contributed by atoms with Crippen LogP contribution in [-0.4, -0.2) is 30.6 Å². The summed E-state index contributed by atoms with van der Waals surface area (Å²) in [6.07, 6.45) is 5.35. The first-order valence-corrected chi connectivity index (χ1v) is 4.77. The molecule has 2 nitrogen and oxygen atoms in total. The highest BCUT2D eigenvalue weighted by Gasteiger charge is 2.09. The monoisotopic (exact) mass is 228 g/mol. The van der Waals surface area contributed by atoms with Crippen molar-refractivity contribution in [2.75, 3.05) is 19.6 Å². The second kappa shape index (κ2) is 9.07. The van der Waals surface area contributed by atoms with Crippen molar-refractivity contribution >= 4 is 24.8 Å². The van der Waals surface area contributed by atoms with Crippen LogP contribution in [0.15, 0.2) is 0 Å². The molecule has 1 heterocycles. The Labute approximate surface area is 94.1 Å². The highest BCUT2D eigenvalue weighted by atomic mass is 35.5. The molecule has 2 N–H and O–H groups in total. The van der Waals surface area contributed by atoms with Gasteiger partial charge in [0.15, 0.2) is 0 Å². The molecule has 0 bridgehead atoms. The predicted molar refractivity (Wildman–Crippen MR) is 63.1 cm³/mol. The number of nitrogens with zero attached hydrogens (tertiary/aromatic N) is 1. The van der Waals surface area contributed by atoms with Gasteiger partial charge in [-0.25, -0.2) is 0 Å². The van der Waals surface area contributed by atoms with Crippen molar-refractivity contribution < 1.29 is 0 Å². The zero-order valence-electron chi connectivity index (χ0n) is 8.37. The second-order valence-electron chi connectivity index (χ2n) is 3.67. The summed E-state index contributed by atoms with van der Waals surface area (Å²) < 4.78 is 0. The normalized spacial score (nSPS) is 19.8. The van der Waals surface area contributed by atoms with Crippen LogP contribution in [0.1, 0.15) is 32.6 Å². The second-order valence-corrected chi connectivity index (χ2v) is 3.67. The maximum Gasteiger partial charge on any atom is 0.00226 e. The maximum absolute atomic E-state index is 5.68. The minimum Gasteiger partial charge on any atom is -0.328 e. The highest BCUT2D eigenvalue weighted by molar-refractivity contribution is 5.85. The van der Waals surface area contributed by atoms with E-state index in [1.54, 1.807) is 0 Å². The van der Waals surface area contributed by atoms with Gasteiger partial charge in [0.05, 0.1) is 0 Å².